The Labute approximate surface area is 141 Å². The Balaban J connectivity index is 1.92. The molecular formula is C21H19NO2. The van der Waals surface area contributed by atoms with E-state index in [1.54, 1.807) is 0 Å². The normalized spacial score (nSPS) is 13.0. The number of rotatable bonds is 5. The summed E-state index contributed by atoms with van der Waals surface area (Å²) in [5, 5.41) is 13.7. The van der Waals surface area contributed by atoms with E-state index in [1.807, 2.05) is 91.0 Å². The lowest BCUT2D eigenvalue weighted by molar-refractivity contribution is -0.120. The second kappa shape index (κ2) is 7.57. The summed E-state index contributed by atoms with van der Waals surface area (Å²) in [7, 11) is 0. The van der Waals surface area contributed by atoms with Gasteiger partial charge in [-0.05, 0) is 23.3 Å². The average molecular weight is 317 g/mol. The molecule has 0 heterocycles. The molecular weight excluding hydrogens is 298 g/mol. The molecule has 24 heavy (non-hydrogen) atoms. The molecule has 2 atom stereocenters. The summed E-state index contributed by atoms with van der Waals surface area (Å²) in [6.45, 7) is 0. The first-order valence-corrected chi connectivity index (χ1v) is 7.89. The minimum absolute atomic E-state index is 0.233. The van der Waals surface area contributed by atoms with E-state index in [2.05, 4.69) is 5.32 Å². The van der Waals surface area contributed by atoms with Crippen LogP contribution in [-0.4, -0.2) is 11.0 Å². The molecule has 3 heteroatoms. The lowest BCUT2D eigenvalue weighted by Gasteiger charge is -2.23. The molecule has 0 bridgehead atoms. The van der Waals surface area contributed by atoms with Crippen LogP contribution < -0.4 is 5.32 Å². The molecule has 120 valence electrons. The Morgan fingerprint density at radius 2 is 1.17 bits per heavy atom. The smallest absolute Gasteiger partial charge is 0.234 e. The fourth-order valence-corrected chi connectivity index (χ4v) is 2.72. The molecule has 0 fully saturated rings. The van der Waals surface area contributed by atoms with Gasteiger partial charge in [0.15, 0.2) is 0 Å². The van der Waals surface area contributed by atoms with Crippen LogP contribution in [0.3, 0.4) is 0 Å². The van der Waals surface area contributed by atoms with Crippen molar-refractivity contribution in [3.63, 3.8) is 0 Å². The SMILES string of the molecule is O=C(Nc1ccccc1)C(c1ccccc1)C(O)c1ccccc1. The van der Waals surface area contributed by atoms with Crippen LogP contribution in [0.15, 0.2) is 91.0 Å². The third-order valence-corrected chi connectivity index (χ3v) is 3.94. The van der Waals surface area contributed by atoms with Crippen molar-refractivity contribution in [1.29, 1.82) is 0 Å². The number of carbonyl (C=O) groups excluding carboxylic acids is 1. The summed E-state index contributed by atoms with van der Waals surface area (Å²) < 4.78 is 0. The summed E-state index contributed by atoms with van der Waals surface area (Å²) >= 11 is 0. The number of nitrogens with one attached hydrogen (secondary N) is 1. The van der Waals surface area contributed by atoms with Crippen LogP contribution >= 0.6 is 0 Å². The quantitative estimate of drug-likeness (QED) is 0.743. The molecule has 3 nitrogen and oxygen atoms in total. The lowest BCUT2D eigenvalue weighted by Crippen LogP contribution is -2.26. The van der Waals surface area contributed by atoms with Crippen LogP contribution in [0.2, 0.25) is 0 Å². The van der Waals surface area contributed by atoms with Gasteiger partial charge < -0.3 is 10.4 Å². The lowest BCUT2D eigenvalue weighted by atomic mass is 9.88. The van der Waals surface area contributed by atoms with E-state index in [0.717, 1.165) is 11.1 Å². The van der Waals surface area contributed by atoms with Gasteiger partial charge in [0.2, 0.25) is 5.91 Å². The van der Waals surface area contributed by atoms with Crippen molar-refractivity contribution in [1.82, 2.24) is 0 Å². The third kappa shape index (κ3) is 3.70. The van der Waals surface area contributed by atoms with Crippen LogP contribution in [0.25, 0.3) is 0 Å². The first-order chi connectivity index (χ1) is 11.8. The maximum atomic E-state index is 12.9. The van der Waals surface area contributed by atoms with Gasteiger partial charge in [0.05, 0.1) is 12.0 Å². The van der Waals surface area contributed by atoms with Gasteiger partial charge in [0.1, 0.15) is 0 Å². The number of hydrogen-bond donors (Lipinski definition) is 2. The van der Waals surface area contributed by atoms with Gasteiger partial charge in [0, 0.05) is 5.69 Å². The highest BCUT2D eigenvalue weighted by molar-refractivity contribution is 5.96. The van der Waals surface area contributed by atoms with Gasteiger partial charge in [0.25, 0.3) is 0 Å². The Morgan fingerprint density at radius 1 is 0.708 bits per heavy atom. The van der Waals surface area contributed by atoms with Gasteiger partial charge in [-0.15, -0.1) is 0 Å². The van der Waals surface area contributed by atoms with E-state index in [0.29, 0.717) is 5.69 Å². The van der Waals surface area contributed by atoms with Gasteiger partial charge in [-0.3, -0.25) is 4.79 Å². The number of benzene rings is 3. The minimum atomic E-state index is -0.919. The number of carbonyl (C=O) groups is 1. The highest BCUT2D eigenvalue weighted by Crippen LogP contribution is 2.32. The van der Waals surface area contributed by atoms with Gasteiger partial charge in [-0.1, -0.05) is 78.9 Å². The molecule has 0 radical (unpaired) electrons. The van der Waals surface area contributed by atoms with Crippen molar-refractivity contribution in [2.45, 2.75) is 12.0 Å². The highest BCUT2D eigenvalue weighted by Gasteiger charge is 2.29. The summed E-state index contributed by atoms with van der Waals surface area (Å²) in [6.07, 6.45) is -0.919. The van der Waals surface area contributed by atoms with Crippen molar-refractivity contribution < 1.29 is 9.90 Å². The number of anilines is 1. The van der Waals surface area contributed by atoms with Crippen LogP contribution in [-0.2, 0) is 4.79 Å². The molecule has 0 aliphatic rings. The third-order valence-electron chi connectivity index (χ3n) is 3.94. The Hall–Kier alpha value is -2.91. The zero-order chi connectivity index (χ0) is 16.8. The molecule has 3 aromatic carbocycles. The van der Waals surface area contributed by atoms with Crippen LogP contribution in [0.1, 0.15) is 23.1 Å². The fraction of sp³-hybridized carbons (Fsp3) is 0.0952. The standard InChI is InChI=1S/C21H19NO2/c23-20(17-12-6-2-7-13-17)19(16-10-4-1-5-11-16)21(24)22-18-14-8-3-9-15-18/h1-15,19-20,23H,(H,22,24). The van der Waals surface area contributed by atoms with Crippen LogP contribution in [0, 0.1) is 0 Å². The van der Waals surface area contributed by atoms with Gasteiger partial charge in [-0.2, -0.15) is 0 Å². The molecule has 0 aliphatic heterocycles. The first-order valence-electron chi connectivity index (χ1n) is 7.89. The number of amides is 1. The van der Waals surface area contributed by atoms with Crippen LogP contribution in [0.4, 0.5) is 5.69 Å². The van der Waals surface area contributed by atoms with E-state index in [9.17, 15) is 9.90 Å². The molecule has 0 aromatic heterocycles. The highest BCUT2D eigenvalue weighted by atomic mass is 16.3. The van der Waals surface area contributed by atoms with Crippen LogP contribution in [0.5, 0.6) is 0 Å². The second-order valence-corrected chi connectivity index (χ2v) is 5.60. The summed E-state index contributed by atoms with van der Waals surface area (Å²) in [5.74, 6) is -0.919. The van der Waals surface area contributed by atoms with Crippen molar-refractivity contribution in [2.24, 2.45) is 0 Å². The number of aliphatic hydroxyl groups is 1. The summed E-state index contributed by atoms with van der Waals surface area (Å²) in [5.41, 5.74) is 2.21. The molecule has 3 rings (SSSR count). The maximum absolute atomic E-state index is 12.9. The zero-order valence-corrected chi connectivity index (χ0v) is 13.2. The van der Waals surface area contributed by atoms with Gasteiger partial charge >= 0.3 is 0 Å². The number of aliphatic hydroxyl groups excluding tert-OH is 1. The molecule has 1 amide bonds. The fourth-order valence-electron chi connectivity index (χ4n) is 2.72. The minimum Gasteiger partial charge on any atom is -0.387 e. The Morgan fingerprint density at radius 3 is 1.71 bits per heavy atom. The van der Waals surface area contributed by atoms with Crippen molar-refractivity contribution in [3.05, 3.63) is 102 Å². The predicted molar refractivity (Wildman–Crippen MR) is 95.7 cm³/mol. The molecule has 2 unspecified atom stereocenters. The van der Waals surface area contributed by atoms with E-state index in [4.69, 9.17) is 0 Å². The number of hydrogen-bond acceptors (Lipinski definition) is 2. The molecule has 0 aliphatic carbocycles. The van der Waals surface area contributed by atoms with Crippen molar-refractivity contribution in [2.75, 3.05) is 5.32 Å². The van der Waals surface area contributed by atoms with Gasteiger partial charge in [-0.25, -0.2) is 0 Å². The van der Waals surface area contributed by atoms with E-state index in [1.165, 1.54) is 0 Å². The molecule has 2 N–H and O–H groups in total. The molecule has 3 aromatic rings. The maximum Gasteiger partial charge on any atom is 0.234 e. The zero-order valence-electron chi connectivity index (χ0n) is 13.2. The van der Waals surface area contributed by atoms with E-state index < -0.39 is 12.0 Å². The number of para-hydroxylation sites is 1. The summed E-state index contributed by atoms with van der Waals surface area (Å²) in [6, 6.07) is 27.9. The molecule has 0 saturated heterocycles. The van der Waals surface area contributed by atoms with E-state index in [-0.39, 0.29) is 5.91 Å². The predicted octanol–water partition coefficient (Wildman–Crippen LogP) is 4.14. The first kappa shape index (κ1) is 16.0. The van der Waals surface area contributed by atoms with Crippen molar-refractivity contribution >= 4 is 11.6 Å². The Kier molecular flexibility index (Phi) is 5.04. The van der Waals surface area contributed by atoms with Crippen molar-refractivity contribution in [3.8, 4) is 0 Å². The average Bonchev–Trinajstić information content (AvgIpc) is 2.64. The molecule has 0 spiro atoms. The Bertz CT molecular complexity index is 773. The molecule has 0 saturated carbocycles. The monoisotopic (exact) mass is 317 g/mol. The summed E-state index contributed by atoms with van der Waals surface area (Å²) in [4.78, 5) is 12.9. The second-order valence-electron chi connectivity index (χ2n) is 5.60. The largest absolute Gasteiger partial charge is 0.387 e. The van der Waals surface area contributed by atoms with E-state index >= 15 is 0 Å². The topological polar surface area (TPSA) is 49.3 Å².